The zero-order valence-corrected chi connectivity index (χ0v) is 14.4. The molecule has 1 aromatic carbocycles. The number of anilines is 1. The molecule has 1 atom stereocenters. The highest BCUT2D eigenvalue weighted by atomic mass is 16.5. The van der Waals surface area contributed by atoms with Crippen molar-refractivity contribution >= 4 is 11.7 Å². The fourth-order valence-electron chi connectivity index (χ4n) is 3.00. The summed E-state index contributed by atoms with van der Waals surface area (Å²) in [6.07, 6.45) is 3.99. The van der Waals surface area contributed by atoms with E-state index in [1.165, 1.54) is 0 Å². The van der Waals surface area contributed by atoms with Crippen molar-refractivity contribution in [3.8, 4) is 5.75 Å². The third kappa shape index (κ3) is 3.07. The Bertz CT molecular complexity index is 771. The zero-order valence-electron chi connectivity index (χ0n) is 14.4. The quantitative estimate of drug-likeness (QED) is 0.873. The molecule has 2 heterocycles. The van der Waals surface area contributed by atoms with Crippen molar-refractivity contribution in [2.45, 2.75) is 38.6 Å². The Morgan fingerprint density at radius 2 is 2.25 bits per heavy atom. The van der Waals surface area contributed by atoms with Crippen LogP contribution in [0.3, 0.4) is 0 Å². The van der Waals surface area contributed by atoms with E-state index in [-0.39, 0.29) is 17.4 Å². The number of fused-ring (bicyclic) bond motifs is 1. The number of carbonyl (C=O) groups is 1. The van der Waals surface area contributed by atoms with Crippen LogP contribution >= 0.6 is 0 Å². The third-order valence-electron chi connectivity index (χ3n) is 4.08. The number of hydrogen-bond donors (Lipinski definition) is 1. The van der Waals surface area contributed by atoms with Crippen LogP contribution in [0.4, 0.5) is 5.82 Å². The lowest BCUT2D eigenvalue weighted by Crippen LogP contribution is -2.30. The minimum absolute atomic E-state index is 0.0101. The summed E-state index contributed by atoms with van der Waals surface area (Å²) >= 11 is 0. The molecule has 0 spiro atoms. The van der Waals surface area contributed by atoms with Crippen LogP contribution in [-0.2, 0) is 10.3 Å². The number of nitrogens with zero attached hydrogens (tertiary/aromatic N) is 2. The number of ether oxygens (including phenoxy) is 1. The molecule has 0 bridgehead atoms. The summed E-state index contributed by atoms with van der Waals surface area (Å²) in [6.45, 7) is 10.3. The summed E-state index contributed by atoms with van der Waals surface area (Å²) in [4.78, 5) is 12.2. The number of rotatable bonds is 4. The van der Waals surface area contributed by atoms with E-state index in [1.54, 1.807) is 6.08 Å². The smallest absolute Gasteiger partial charge is 0.226 e. The molecule has 1 amide bonds. The molecule has 1 aliphatic heterocycles. The van der Waals surface area contributed by atoms with Gasteiger partial charge in [-0.05, 0) is 38.5 Å². The summed E-state index contributed by atoms with van der Waals surface area (Å²) in [6, 6.07) is 7.89. The Hall–Kier alpha value is -2.56. The van der Waals surface area contributed by atoms with Crippen LogP contribution in [0.2, 0.25) is 0 Å². The minimum atomic E-state index is -0.197. The van der Waals surface area contributed by atoms with Gasteiger partial charge < -0.3 is 10.1 Å². The molecular formula is C19H23N3O2. The molecule has 24 heavy (non-hydrogen) atoms. The Kier molecular flexibility index (Phi) is 4.18. The molecule has 0 aliphatic carbocycles. The lowest BCUT2D eigenvalue weighted by Gasteiger charge is -2.28. The molecule has 1 N–H and O–H groups in total. The summed E-state index contributed by atoms with van der Waals surface area (Å²) in [5, 5.41) is 7.49. The molecular weight excluding hydrogens is 302 g/mol. The fraction of sp³-hybridized carbons (Fsp3) is 0.368. The fourth-order valence-corrected chi connectivity index (χ4v) is 3.00. The van der Waals surface area contributed by atoms with E-state index in [1.807, 2.05) is 35.1 Å². The summed E-state index contributed by atoms with van der Waals surface area (Å²) < 4.78 is 7.50. The Balaban J connectivity index is 2.00. The van der Waals surface area contributed by atoms with Gasteiger partial charge in [-0.2, -0.15) is 5.10 Å². The first-order valence-electron chi connectivity index (χ1n) is 8.12. The van der Waals surface area contributed by atoms with E-state index < -0.39 is 0 Å². The van der Waals surface area contributed by atoms with Crippen LogP contribution in [0, 0.1) is 0 Å². The highest BCUT2D eigenvalue weighted by Gasteiger charge is 2.32. The number of nitrogens with one attached hydrogen (secondary N) is 1. The molecule has 126 valence electrons. The summed E-state index contributed by atoms with van der Waals surface area (Å²) in [5.41, 5.74) is 1.91. The predicted molar refractivity (Wildman–Crippen MR) is 94.4 cm³/mol. The second kappa shape index (κ2) is 6.15. The highest BCUT2D eigenvalue weighted by Crippen LogP contribution is 2.39. The van der Waals surface area contributed by atoms with E-state index in [0.29, 0.717) is 13.0 Å². The van der Waals surface area contributed by atoms with Crippen LogP contribution in [0.5, 0.6) is 5.75 Å². The molecule has 1 aliphatic rings. The van der Waals surface area contributed by atoms with Gasteiger partial charge in [0, 0.05) is 17.9 Å². The second-order valence-electron chi connectivity index (χ2n) is 7.01. The first-order valence-corrected chi connectivity index (χ1v) is 8.12. The zero-order chi connectivity index (χ0) is 17.3. The molecule has 0 radical (unpaired) electrons. The first kappa shape index (κ1) is 16.3. The Labute approximate surface area is 142 Å². The monoisotopic (exact) mass is 325 g/mol. The topological polar surface area (TPSA) is 56.1 Å². The van der Waals surface area contributed by atoms with Gasteiger partial charge in [-0.15, -0.1) is 0 Å². The maximum atomic E-state index is 12.2. The van der Waals surface area contributed by atoms with Gasteiger partial charge in [-0.3, -0.25) is 4.79 Å². The molecule has 0 fully saturated rings. The van der Waals surface area contributed by atoms with Gasteiger partial charge >= 0.3 is 0 Å². The average molecular weight is 325 g/mol. The summed E-state index contributed by atoms with van der Waals surface area (Å²) in [7, 11) is 0. The maximum Gasteiger partial charge on any atom is 0.226 e. The molecule has 0 saturated carbocycles. The molecule has 0 unspecified atom stereocenters. The maximum absolute atomic E-state index is 12.2. The van der Waals surface area contributed by atoms with E-state index >= 15 is 0 Å². The molecule has 2 aromatic rings. The molecule has 5 nitrogen and oxygen atoms in total. The average Bonchev–Trinajstić information content (AvgIpc) is 2.96. The molecule has 3 rings (SSSR count). The van der Waals surface area contributed by atoms with Gasteiger partial charge in [0.1, 0.15) is 18.2 Å². The van der Waals surface area contributed by atoms with Crippen LogP contribution in [0.1, 0.15) is 44.2 Å². The molecule has 0 saturated heterocycles. The number of hydrogen-bond acceptors (Lipinski definition) is 3. The molecule has 1 aromatic heterocycles. The number of carbonyl (C=O) groups excluding carboxylic acids is 1. The van der Waals surface area contributed by atoms with Crippen molar-refractivity contribution in [2.75, 3.05) is 11.9 Å². The van der Waals surface area contributed by atoms with Crippen molar-refractivity contribution in [3.05, 3.63) is 54.2 Å². The van der Waals surface area contributed by atoms with Gasteiger partial charge in [-0.1, -0.05) is 24.8 Å². The van der Waals surface area contributed by atoms with Crippen LogP contribution in [-0.4, -0.2) is 22.3 Å². The van der Waals surface area contributed by atoms with Gasteiger partial charge in [0.15, 0.2) is 0 Å². The Morgan fingerprint density at radius 1 is 1.46 bits per heavy atom. The van der Waals surface area contributed by atoms with E-state index in [2.05, 4.69) is 37.8 Å². The lowest BCUT2D eigenvalue weighted by molar-refractivity contribution is -0.116. The standard InChI is InChI=1S/C19H23N3O2/c1-5-9-24-14-8-6-7-13(10-14)15-11-17(23)21-18-16(15)12-20-22(18)19(2,3)4/h5-8,10,12,15H,1,9,11H2,2-4H3,(H,21,23)/t15-/m0/s1. The first-order chi connectivity index (χ1) is 11.4. The normalized spacial score (nSPS) is 17.1. The van der Waals surface area contributed by atoms with Crippen molar-refractivity contribution in [3.63, 3.8) is 0 Å². The molecule has 5 heteroatoms. The minimum Gasteiger partial charge on any atom is -0.490 e. The second-order valence-corrected chi connectivity index (χ2v) is 7.01. The number of benzene rings is 1. The van der Waals surface area contributed by atoms with Crippen molar-refractivity contribution < 1.29 is 9.53 Å². The highest BCUT2D eigenvalue weighted by molar-refractivity contribution is 5.94. The SMILES string of the molecule is C=CCOc1cccc([C@@H]2CC(=O)Nc3c2cnn3C(C)(C)C)c1. The van der Waals surface area contributed by atoms with Gasteiger partial charge in [0.25, 0.3) is 0 Å². The van der Waals surface area contributed by atoms with Crippen LogP contribution in [0.25, 0.3) is 0 Å². The van der Waals surface area contributed by atoms with E-state index in [0.717, 1.165) is 22.7 Å². The largest absolute Gasteiger partial charge is 0.490 e. The van der Waals surface area contributed by atoms with E-state index in [9.17, 15) is 4.79 Å². The van der Waals surface area contributed by atoms with Crippen LogP contribution < -0.4 is 10.1 Å². The summed E-state index contributed by atoms with van der Waals surface area (Å²) in [5.74, 6) is 1.57. The van der Waals surface area contributed by atoms with Crippen LogP contribution in [0.15, 0.2) is 43.1 Å². The van der Waals surface area contributed by atoms with Gasteiger partial charge in [0.05, 0.1) is 11.7 Å². The van der Waals surface area contributed by atoms with E-state index in [4.69, 9.17) is 4.74 Å². The van der Waals surface area contributed by atoms with Crippen molar-refractivity contribution in [2.24, 2.45) is 0 Å². The number of aromatic nitrogens is 2. The lowest BCUT2D eigenvalue weighted by atomic mass is 9.87. The van der Waals surface area contributed by atoms with Crippen molar-refractivity contribution in [1.29, 1.82) is 0 Å². The third-order valence-corrected chi connectivity index (χ3v) is 4.08. The van der Waals surface area contributed by atoms with Gasteiger partial charge in [-0.25, -0.2) is 4.68 Å². The van der Waals surface area contributed by atoms with Gasteiger partial charge in [0.2, 0.25) is 5.91 Å². The number of amides is 1. The van der Waals surface area contributed by atoms with Crippen molar-refractivity contribution in [1.82, 2.24) is 9.78 Å². The Morgan fingerprint density at radius 3 is 2.96 bits per heavy atom. The predicted octanol–water partition coefficient (Wildman–Crippen LogP) is 3.68.